The molecular weight excluding hydrogens is 418 g/mol. The predicted octanol–water partition coefficient (Wildman–Crippen LogP) is 3.49. The molecule has 2 aromatic rings. The van der Waals surface area contributed by atoms with Crippen LogP contribution >= 0.6 is 24.0 Å². The lowest BCUT2D eigenvalue weighted by atomic mass is 10.1. The van der Waals surface area contributed by atoms with Gasteiger partial charge in [0, 0.05) is 25.7 Å². The van der Waals surface area contributed by atoms with E-state index in [1.165, 1.54) is 23.8 Å². The molecule has 0 aliphatic heterocycles. The summed E-state index contributed by atoms with van der Waals surface area (Å²) in [6.07, 6.45) is 0. The van der Waals surface area contributed by atoms with E-state index in [0.717, 1.165) is 5.56 Å². The predicted molar refractivity (Wildman–Crippen MR) is 105 cm³/mol. The molecule has 0 saturated heterocycles. The zero-order chi connectivity index (χ0) is 16.7. The zero-order valence-electron chi connectivity index (χ0n) is 13.6. The number of hydrogen-bond donors (Lipinski definition) is 2. The molecular formula is C18H20FIN4. The topological polar surface area (TPSA) is 60.2 Å². The number of rotatable bonds is 4. The van der Waals surface area contributed by atoms with Gasteiger partial charge >= 0.3 is 0 Å². The largest absolute Gasteiger partial charge is 0.352 e. The molecule has 0 aliphatic carbocycles. The second kappa shape index (κ2) is 9.88. The Morgan fingerprint density at radius 1 is 1.17 bits per heavy atom. The molecule has 0 spiro atoms. The summed E-state index contributed by atoms with van der Waals surface area (Å²) in [5.74, 6) is 0.235. The molecule has 0 unspecified atom stereocenters. The first-order valence-electron chi connectivity index (χ1n) is 7.31. The van der Waals surface area contributed by atoms with Crippen LogP contribution in [0.15, 0.2) is 47.5 Å². The van der Waals surface area contributed by atoms with Crippen molar-refractivity contribution < 1.29 is 4.39 Å². The molecule has 0 bridgehead atoms. The molecule has 0 atom stereocenters. The van der Waals surface area contributed by atoms with Gasteiger partial charge < -0.3 is 10.6 Å². The Bertz CT molecular complexity index is 753. The van der Waals surface area contributed by atoms with E-state index < -0.39 is 0 Å². The van der Waals surface area contributed by atoms with Crippen molar-refractivity contribution in [2.24, 2.45) is 4.99 Å². The van der Waals surface area contributed by atoms with Gasteiger partial charge in [-0.3, -0.25) is 4.99 Å². The van der Waals surface area contributed by atoms with E-state index in [9.17, 15) is 4.39 Å². The number of hydrogen-bond acceptors (Lipinski definition) is 2. The third-order valence-electron chi connectivity index (χ3n) is 3.39. The maximum atomic E-state index is 13.7. The molecule has 2 rings (SSSR count). The van der Waals surface area contributed by atoms with Crippen molar-refractivity contribution in [1.82, 2.24) is 10.6 Å². The molecule has 0 saturated carbocycles. The summed E-state index contributed by atoms with van der Waals surface area (Å²) in [5.41, 5.74) is 3.21. The van der Waals surface area contributed by atoms with Crippen LogP contribution in [0.1, 0.15) is 22.3 Å². The standard InChI is InChI=1S/C18H19FN4.HI/c1-13-4-3-5-15(8-13)11-22-18(21-2)23-12-16-9-14(10-20)6-7-17(16)19;/h3-9H,11-12H2,1-2H3,(H2,21,22,23);1H. The van der Waals surface area contributed by atoms with Crippen LogP contribution in [0.3, 0.4) is 0 Å². The fourth-order valence-corrected chi connectivity index (χ4v) is 2.19. The Morgan fingerprint density at radius 3 is 2.58 bits per heavy atom. The molecule has 0 heterocycles. The number of aryl methyl sites for hydroxylation is 1. The zero-order valence-corrected chi connectivity index (χ0v) is 16.0. The summed E-state index contributed by atoms with van der Waals surface area (Å²) in [6.45, 7) is 2.93. The maximum absolute atomic E-state index is 13.7. The van der Waals surface area contributed by atoms with Gasteiger partial charge in [0.05, 0.1) is 11.6 Å². The van der Waals surface area contributed by atoms with Crippen LogP contribution in [0, 0.1) is 24.1 Å². The fraction of sp³-hybridized carbons (Fsp3) is 0.222. The van der Waals surface area contributed by atoms with Crippen LogP contribution in [0.25, 0.3) is 0 Å². The van der Waals surface area contributed by atoms with E-state index in [-0.39, 0.29) is 36.3 Å². The number of benzene rings is 2. The molecule has 0 aliphatic rings. The second-order valence-corrected chi connectivity index (χ2v) is 5.19. The highest BCUT2D eigenvalue weighted by atomic mass is 127. The second-order valence-electron chi connectivity index (χ2n) is 5.19. The van der Waals surface area contributed by atoms with Gasteiger partial charge in [0.25, 0.3) is 0 Å². The van der Waals surface area contributed by atoms with E-state index >= 15 is 0 Å². The average molecular weight is 438 g/mol. The molecule has 2 aromatic carbocycles. The first-order chi connectivity index (χ1) is 11.1. The third kappa shape index (κ3) is 5.81. The molecule has 0 amide bonds. The van der Waals surface area contributed by atoms with Crippen LogP contribution in [0.5, 0.6) is 0 Å². The quantitative estimate of drug-likeness (QED) is 0.437. The van der Waals surface area contributed by atoms with Gasteiger partial charge in [0.1, 0.15) is 5.82 Å². The highest BCUT2D eigenvalue weighted by Gasteiger charge is 2.05. The van der Waals surface area contributed by atoms with E-state index in [1.807, 2.05) is 31.2 Å². The number of aliphatic imine (C=N–C) groups is 1. The van der Waals surface area contributed by atoms with E-state index in [4.69, 9.17) is 5.26 Å². The molecule has 24 heavy (non-hydrogen) atoms. The number of guanidine groups is 1. The highest BCUT2D eigenvalue weighted by Crippen LogP contribution is 2.09. The van der Waals surface area contributed by atoms with Crippen LogP contribution in [0.2, 0.25) is 0 Å². The molecule has 6 heteroatoms. The monoisotopic (exact) mass is 438 g/mol. The van der Waals surface area contributed by atoms with E-state index in [1.54, 1.807) is 7.05 Å². The summed E-state index contributed by atoms with van der Waals surface area (Å²) in [6, 6.07) is 14.5. The minimum Gasteiger partial charge on any atom is -0.352 e. The molecule has 0 aromatic heterocycles. The third-order valence-corrected chi connectivity index (χ3v) is 3.39. The van der Waals surface area contributed by atoms with Gasteiger partial charge in [-0.2, -0.15) is 5.26 Å². The first kappa shape index (κ1) is 19.9. The number of halogens is 2. The lowest BCUT2D eigenvalue weighted by Gasteiger charge is -2.13. The average Bonchev–Trinajstić information content (AvgIpc) is 2.56. The molecule has 2 N–H and O–H groups in total. The van der Waals surface area contributed by atoms with E-state index in [2.05, 4.69) is 21.7 Å². The minimum atomic E-state index is -0.342. The highest BCUT2D eigenvalue weighted by molar-refractivity contribution is 14.0. The Hall–Kier alpha value is -2.14. The lowest BCUT2D eigenvalue weighted by Crippen LogP contribution is -2.36. The number of nitriles is 1. The summed E-state index contributed by atoms with van der Waals surface area (Å²) < 4.78 is 13.7. The van der Waals surface area contributed by atoms with Crippen molar-refractivity contribution in [3.8, 4) is 6.07 Å². The maximum Gasteiger partial charge on any atom is 0.191 e. The van der Waals surface area contributed by atoms with Crippen molar-refractivity contribution in [2.75, 3.05) is 7.05 Å². The van der Waals surface area contributed by atoms with Gasteiger partial charge in [-0.15, -0.1) is 24.0 Å². The molecule has 126 valence electrons. The normalized spacial score (nSPS) is 10.5. The van der Waals surface area contributed by atoms with Gasteiger partial charge in [-0.1, -0.05) is 29.8 Å². The van der Waals surface area contributed by atoms with Gasteiger partial charge in [0.15, 0.2) is 5.96 Å². The van der Waals surface area contributed by atoms with Gasteiger partial charge in [-0.05, 0) is 30.7 Å². The Labute approximate surface area is 158 Å². The van der Waals surface area contributed by atoms with Crippen molar-refractivity contribution in [3.63, 3.8) is 0 Å². The van der Waals surface area contributed by atoms with Gasteiger partial charge in [0.2, 0.25) is 0 Å². The Kier molecular flexibility index (Phi) is 8.19. The van der Waals surface area contributed by atoms with Crippen LogP contribution in [-0.2, 0) is 13.1 Å². The summed E-state index contributed by atoms with van der Waals surface area (Å²) >= 11 is 0. The summed E-state index contributed by atoms with van der Waals surface area (Å²) in [5, 5.41) is 15.1. The Balaban J connectivity index is 0.00000288. The SMILES string of the molecule is CN=C(NCc1cccc(C)c1)NCc1cc(C#N)ccc1F.I. The van der Waals surface area contributed by atoms with Crippen LogP contribution < -0.4 is 10.6 Å². The Morgan fingerprint density at radius 2 is 1.92 bits per heavy atom. The molecule has 4 nitrogen and oxygen atoms in total. The number of nitrogens with one attached hydrogen (secondary N) is 2. The van der Waals surface area contributed by atoms with Gasteiger partial charge in [-0.25, -0.2) is 4.39 Å². The lowest BCUT2D eigenvalue weighted by molar-refractivity contribution is 0.604. The van der Waals surface area contributed by atoms with Crippen molar-refractivity contribution >= 4 is 29.9 Å². The van der Waals surface area contributed by atoms with Crippen molar-refractivity contribution in [3.05, 3.63) is 70.5 Å². The number of nitrogens with zero attached hydrogens (tertiary/aromatic N) is 2. The van der Waals surface area contributed by atoms with Crippen LogP contribution in [-0.4, -0.2) is 13.0 Å². The summed E-state index contributed by atoms with van der Waals surface area (Å²) in [4.78, 5) is 4.12. The first-order valence-corrected chi connectivity index (χ1v) is 7.31. The van der Waals surface area contributed by atoms with Crippen molar-refractivity contribution in [2.45, 2.75) is 20.0 Å². The molecule has 0 radical (unpaired) electrons. The van der Waals surface area contributed by atoms with Crippen molar-refractivity contribution in [1.29, 1.82) is 5.26 Å². The summed E-state index contributed by atoms with van der Waals surface area (Å²) in [7, 11) is 1.66. The fourth-order valence-electron chi connectivity index (χ4n) is 2.19. The molecule has 0 fully saturated rings. The van der Waals surface area contributed by atoms with E-state index in [0.29, 0.717) is 23.6 Å². The van der Waals surface area contributed by atoms with Crippen LogP contribution in [0.4, 0.5) is 4.39 Å². The minimum absolute atomic E-state index is 0. The smallest absolute Gasteiger partial charge is 0.191 e.